The van der Waals surface area contributed by atoms with Crippen molar-refractivity contribution in [2.24, 2.45) is 5.41 Å². The Morgan fingerprint density at radius 3 is 2.45 bits per heavy atom. The van der Waals surface area contributed by atoms with Gasteiger partial charge in [-0.3, -0.25) is 0 Å². The molecule has 1 nitrogen and oxygen atoms in total. The summed E-state index contributed by atoms with van der Waals surface area (Å²) >= 11 is 1.94. The molecule has 0 atom stereocenters. The van der Waals surface area contributed by atoms with Gasteiger partial charge in [-0.25, -0.2) is 0 Å². The molecule has 0 aromatic heterocycles. The maximum atomic E-state index is 3.23. The summed E-state index contributed by atoms with van der Waals surface area (Å²) in [6.45, 7) is 5.77. The van der Waals surface area contributed by atoms with Crippen LogP contribution < -0.4 is 5.32 Å². The molecule has 1 N–H and O–H groups in total. The maximum Gasteiger partial charge on any atom is -0.0000483 e. The molecule has 0 aromatic carbocycles. The summed E-state index contributed by atoms with van der Waals surface area (Å²) in [4.78, 5) is 0. The summed E-state index contributed by atoms with van der Waals surface area (Å²) in [5, 5.41) is 3.23. The normalized spacial score (nSPS) is 12.0. The molecular weight excluding hydrogens is 154 g/mol. The average Bonchev–Trinajstić information content (AvgIpc) is 1.87. The Kier molecular flexibility index (Phi) is 6.06. The van der Waals surface area contributed by atoms with Gasteiger partial charge in [0.05, 0.1) is 0 Å². The molecule has 0 aliphatic rings. The van der Waals surface area contributed by atoms with Crippen LogP contribution in [0.4, 0.5) is 0 Å². The summed E-state index contributed by atoms with van der Waals surface area (Å²) in [6.07, 6.45) is 4.84. The van der Waals surface area contributed by atoms with E-state index in [0.29, 0.717) is 5.41 Å². The lowest BCUT2D eigenvalue weighted by Crippen LogP contribution is -2.26. The standard InChI is InChI=1S/C9H21NS/c1-9(2,8-10-3)6-5-7-11-4/h10H,5-8H2,1-4H3. The Balaban J connectivity index is 3.38. The predicted molar refractivity (Wildman–Crippen MR) is 55.3 cm³/mol. The first-order chi connectivity index (χ1) is 5.12. The topological polar surface area (TPSA) is 12.0 Å². The lowest BCUT2D eigenvalue weighted by Gasteiger charge is -2.23. The molecule has 0 saturated heterocycles. The van der Waals surface area contributed by atoms with E-state index in [0.717, 1.165) is 6.54 Å². The van der Waals surface area contributed by atoms with Crippen LogP contribution >= 0.6 is 11.8 Å². The van der Waals surface area contributed by atoms with Crippen LogP contribution in [-0.2, 0) is 0 Å². The Labute approximate surface area is 75.3 Å². The first kappa shape index (κ1) is 11.3. The van der Waals surface area contributed by atoms with Crippen LogP contribution in [0.5, 0.6) is 0 Å². The average molecular weight is 175 g/mol. The second-order valence-electron chi connectivity index (χ2n) is 3.79. The van der Waals surface area contributed by atoms with Crippen LogP contribution in [0.1, 0.15) is 26.7 Å². The highest BCUT2D eigenvalue weighted by Crippen LogP contribution is 2.21. The monoisotopic (exact) mass is 175 g/mol. The van der Waals surface area contributed by atoms with E-state index in [1.807, 2.05) is 18.8 Å². The van der Waals surface area contributed by atoms with Crippen LogP contribution in [0.2, 0.25) is 0 Å². The molecule has 0 spiro atoms. The molecular formula is C9H21NS. The first-order valence-electron chi connectivity index (χ1n) is 4.26. The molecule has 0 amide bonds. The molecule has 0 radical (unpaired) electrons. The molecule has 68 valence electrons. The SMILES string of the molecule is CNCC(C)(C)CCCSC. The minimum Gasteiger partial charge on any atom is -0.319 e. The number of hydrogen-bond donors (Lipinski definition) is 1. The lowest BCUT2D eigenvalue weighted by atomic mass is 9.88. The third-order valence-corrected chi connectivity index (χ3v) is 2.55. The Morgan fingerprint density at radius 1 is 1.36 bits per heavy atom. The van der Waals surface area contributed by atoms with E-state index in [1.165, 1.54) is 18.6 Å². The van der Waals surface area contributed by atoms with Crippen molar-refractivity contribution in [3.63, 3.8) is 0 Å². The van der Waals surface area contributed by atoms with E-state index in [2.05, 4.69) is 25.4 Å². The number of rotatable bonds is 6. The third kappa shape index (κ3) is 6.70. The van der Waals surface area contributed by atoms with Crippen LogP contribution in [0.3, 0.4) is 0 Å². The van der Waals surface area contributed by atoms with Crippen molar-refractivity contribution in [3.8, 4) is 0 Å². The van der Waals surface area contributed by atoms with Crippen LogP contribution in [-0.4, -0.2) is 25.6 Å². The predicted octanol–water partition coefficient (Wildman–Crippen LogP) is 2.38. The van der Waals surface area contributed by atoms with Gasteiger partial charge < -0.3 is 5.32 Å². The molecule has 0 fully saturated rings. The molecule has 0 saturated carbocycles. The highest BCUT2D eigenvalue weighted by Gasteiger charge is 2.15. The van der Waals surface area contributed by atoms with Gasteiger partial charge in [-0.05, 0) is 43.9 Å². The van der Waals surface area contributed by atoms with Gasteiger partial charge in [0.2, 0.25) is 0 Å². The summed E-state index contributed by atoms with van der Waals surface area (Å²) < 4.78 is 0. The van der Waals surface area contributed by atoms with Gasteiger partial charge in [-0.2, -0.15) is 11.8 Å². The second-order valence-corrected chi connectivity index (χ2v) is 4.78. The Hall–Kier alpha value is 0.310. The van der Waals surface area contributed by atoms with Gasteiger partial charge in [-0.1, -0.05) is 13.8 Å². The Bertz CT molecular complexity index is 91.6. The highest BCUT2D eigenvalue weighted by molar-refractivity contribution is 7.98. The number of hydrogen-bond acceptors (Lipinski definition) is 2. The lowest BCUT2D eigenvalue weighted by molar-refractivity contribution is 0.322. The Morgan fingerprint density at radius 2 is 2.00 bits per heavy atom. The van der Waals surface area contributed by atoms with Gasteiger partial charge in [0.15, 0.2) is 0 Å². The van der Waals surface area contributed by atoms with Gasteiger partial charge >= 0.3 is 0 Å². The zero-order valence-corrected chi connectivity index (χ0v) is 9.05. The van der Waals surface area contributed by atoms with Crippen LogP contribution in [0.25, 0.3) is 0 Å². The van der Waals surface area contributed by atoms with Crippen molar-refractivity contribution < 1.29 is 0 Å². The van der Waals surface area contributed by atoms with Gasteiger partial charge in [0.1, 0.15) is 0 Å². The van der Waals surface area contributed by atoms with Gasteiger partial charge in [0.25, 0.3) is 0 Å². The van der Waals surface area contributed by atoms with Crippen LogP contribution in [0.15, 0.2) is 0 Å². The fourth-order valence-corrected chi connectivity index (χ4v) is 1.70. The van der Waals surface area contributed by atoms with Crippen molar-refractivity contribution in [3.05, 3.63) is 0 Å². The molecule has 0 bridgehead atoms. The fourth-order valence-electron chi connectivity index (χ4n) is 1.26. The van der Waals surface area contributed by atoms with E-state index in [4.69, 9.17) is 0 Å². The molecule has 0 aliphatic heterocycles. The molecule has 0 unspecified atom stereocenters. The highest BCUT2D eigenvalue weighted by atomic mass is 32.2. The van der Waals surface area contributed by atoms with E-state index in [9.17, 15) is 0 Å². The van der Waals surface area contributed by atoms with Gasteiger partial charge in [-0.15, -0.1) is 0 Å². The summed E-state index contributed by atoms with van der Waals surface area (Å²) in [5.74, 6) is 1.30. The largest absolute Gasteiger partial charge is 0.319 e. The van der Waals surface area contributed by atoms with E-state index in [1.54, 1.807) is 0 Å². The number of thioether (sulfide) groups is 1. The molecule has 2 heteroatoms. The molecule has 0 aliphatic carbocycles. The minimum absolute atomic E-state index is 0.477. The maximum absolute atomic E-state index is 3.23. The van der Waals surface area contributed by atoms with Crippen molar-refractivity contribution in [2.45, 2.75) is 26.7 Å². The fraction of sp³-hybridized carbons (Fsp3) is 1.00. The van der Waals surface area contributed by atoms with E-state index in [-0.39, 0.29) is 0 Å². The molecule has 11 heavy (non-hydrogen) atoms. The summed E-state index contributed by atoms with van der Waals surface area (Å²) in [5.41, 5.74) is 0.477. The van der Waals surface area contributed by atoms with Crippen LogP contribution in [0, 0.1) is 5.41 Å². The van der Waals surface area contributed by atoms with Gasteiger partial charge in [0, 0.05) is 0 Å². The first-order valence-corrected chi connectivity index (χ1v) is 5.65. The van der Waals surface area contributed by atoms with Crippen molar-refractivity contribution in [1.29, 1.82) is 0 Å². The zero-order chi connectivity index (χ0) is 8.74. The molecule has 0 aromatic rings. The van der Waals surface area contributed by atoms with E-state index < -0.39 is 0 Å². The summed E-state index contributed by atoms with van der Waals surface area (Å²) in [6, 6.07) is 0. The van der Waals surface area contributed by atoms with Crippen molar-refractivity contribution in [2.75, 3.05) is 25.6 Å². The number of nitrogens with one attached hydrogen (secondary N) is 1. The second kappa shape index (κ2) is 5.90. The third-order valence-electron chi connectivity index (χ3n) is 1.86. The van der Waals surface area contributed by atoms with Crippen molar-refractivity contribution in [1.82, 2.24) is 5.32 Å². The molecule has 0 rings (SSSR count). The van der Waals surface area contributed by atoms with E-state index >= 15 is 0 Å². The van der Waals surface area contributed by atoms with Crippen molar-refractivity contribution >= 4 is 11.8 Å². The minimum atomic E-state index is 0.477. The molecule has 0 heterocycles. The smallest absolute Gasteiger partial charge is 0.0000483 e. The quantitative estimate of drug-likeness (QED) is 0.622. The zero-order valence-electron chi connectivity index (χ0n) is 8.24. The summed E-state index contributed by atoms with van der Waals surface area (Å²) in [7, 11) is 2.02.